The minimum atomic E-state index is 0.0129. The summed E-state index contributed by atoms with van der Waals surface area (Å²) >= 11 is 3.43. The van der Waals surface area contributed by atoms with E-state index in [1.165, 1.54) is 0 Å². The average Bonchev–Trinajstić information content (AvgIpc) is 2.94. The Morgan fingerprint density at radius 1 is 1.71 bits per heavy atom. The van der Waals surface area contributed by atoms with Gasteiger partial charge in [-0.3, -0.25) is 4.79 Å². The average molecular weight is 301 g/mol. The van der Waals surface area contributed by atoms with Crippen LogP contribution in [-0.2, 0) is 0 Å². The molecule has 1 aliphatic rings. The molecule has 1 amide bonds. The topological polar surface area (TPSA) is 46.3 Å². The Kier molecular flexibility index (Phi) is 4.20. The molecule has 0 saturated carbocycles. The third kappa shape index (κ3) is 2.89. The van der Waals surface area contributed by atoms with Crippen LogP contribution < -0.4 is 0 Å². The van der Waals surface area contributed by atoms with Crippen LogP contribution in [0.1, 0.15) is 41.9 Å². The van der Waals surface area contributed by atoms with Gasteiger partial charge in [0.15, 0.2) is 5.69 Å². The lowest BCUT2D eigenvalue weighted by atomic mass is 10.1. The molecule has 0 bridgehead atoms. The molecule has 1 aliphatic heterocycles. The summed E-state index contributed by atoms with van der Waals surface area (Å²) in [5.41, 5.74) is 0.438. The molecular weight excluding hydrogens is 284 g/mol. The number of aromatic nitrogens is 1. The van der Waals surface area contributed by atoms with E-state index >= 15 is 0 Å². The van der Waals surface area contributed by atoms with Crippen molar-refractivity contribution in [2.24, 2.45) is 0 Å². The van der Waals surface area contributed by atoms with Crippen LogP contribution >= 0.6 is 15.9 Å². The molecule has 0 radical (unpaired) electrons. The molecule has 1 aromatic heterocycles. The number of carbonyl (C=O) groups excluding carboxylic acids is 1. The van der Waals surface area contributed by atoms with E-state index in [0.717, 1.165) is 37.6 Å². The van der Waals surface area contributed by atoms with Crippen LogP contribution in [0.5, 0.6) is 0 Å². The van der Waals surface area contributed by atoms with Gasteiger partial charge in [0.25, 0.3) is 5.91 Å². The Morgan fingerprint density at radius 2 is 2.53 bits per heavy atom. The van der Waals surface area contributed by atoms with Crippen molar-refractivity contribution >= 4 is 21.8 Å². The van der Waals surface area contributed by atoms with Crippen LogP contribution in [0.4, 0.5) is 0 Å². The van der Waals surface area contributed by atoms with Crippen molar-refractivity contribution in [2.45, 2.75) is 38.6 Å². The highest BCUT2D eigenvalue weighted by Crippen LogP contribution is 2.23. The lowest BCUT2D eigenvalue weighted by Gasteiger charge is -2.23. The largest absolute Gasteiger partial charge is 0.361 e. The van der Waals surface area contributed by atoms with Crippen LogP contribution in [0.15, 0.2) is 10.6 Å². The van der Waals surface area contributed by atoms with Crippen molar-refractivity contribution in [2.75, 3.05) is 11.9 Å². The van der Waals surface area contributed by atoms with E-state index in [1.807, 2.05) is 4.90 Å². The molecule has 5 heteroatoms. The standard InChI is InChI=1S/C12H17BrN2O2/c1-9-8-11(14-17-9)12(16)15-7-3-5-10(15)4-2-6-13/h8,10H,2-7H2,1H3. The maximum atomic E-state index is 12.2. The van der Waals surface area contributed by atoms with E-state index in [0.29, 0.717) is 17.5 Å². The number of aryl methyl sites for hydroxylation is 1. The molecule has 94 valence electrons. The number of hydrogen-bond donors (Lipinski definition) is 0. The zero-order valence-corrected chi connectivity index (χ0v) is 11.6. The third-order valence-corrected chi connectivity index (χ3v) is 3.72. The molecule has 4 nitrogen and oxygen atoms in total. The predicted octanol–water partition coefficient (Wildman–Crippen LogP) is 2.76. The van der Waals surface area contributed by atoms with Gasteiger partial charge in [0.1, 0.15) is 5.76 Å². The van der Waals surface area contributed by atoms with Crippen LogP contribution in [0.25, 0.3) is 0 Å². The Balaban J connectivity index is 2.03. The molecule has 0 N–H and O–H groups in total. The summed E-state index contributed by atoms with van der Waals surface area (Å²) in [6, 6.07) is 2.08. The molecule has 0 aromatic carbocycles. The van der Waals surface area contributed by atoms with Gasteiger partial charge in [-0.2, -0.15) is 0 Å². The highest BCUT2D eigenvalue weighted by molar-refractivity contribution is 9.09. The maximum Gasteiger partial charge on any atom is 0.276 e. The first-order chi connectivity index (χ1) is 8.22. The quantitative estimate of drug-likeness (QED) is 0.803. The molecule has 1 unspecified atom stereocenters. The number of carbonyl (C=O) groups is 1. The second-order valence-electron chi connectivity index (χ2n) is 4.45. The van der Waals surface area contributed by atoms with Crippen LogP contribution in [0.2, 0.25) is 0 Å². The Morgan fingerprint density at radius 3 is 3.18 bits per heavy atom. The summed E-state index contributed by atoms with van der Waals surface area (Å²) in [5, 5.41) is 4.79. The fourth-order valence-corrected chi connectivity index (χ4v) is 2.65. The van der Waals surface area contributed by atoms with Gasteiger partial charge in [-0.05, 0) is 32.6 Å². The maximum absolute atomic E-state index is 12.2. The van der Waals surface area contributed by atoms with Crippen LogP contribution in [0.3, 0.4) is 0 Å². The summed E-state index contributed by atoms with van der Waals surface area (Å²) in [7, 11) is 0. The highest BCUT2D eigenvalue weighted by atomic mass is 79.9. The van der Waals surface area contributed by atoms with Gasteiger partial charge in [0.2, 0.25) is 0 Å². The van der Waals surface area contributed by atoms with E-state index in [9.17, 15) is 4.79 Å². The van der Waals surface area contributed by atoms with Gasteiger partial charge in [0, 0.05) is 24.0 Å². The van der Waals surface area contributed by atoms with Crippen molar-refractivity contribution in [1.82, 2.24) is 10.1 Å². The molecule has 1 fully saturated rings. The Labute approximate surface area is 109 Å². The van der Waals surface area contributed by atoms with Crippen LogP contribution in [0, 0.1) is 6.92 Å². The van der Waals surface area contributed by atoms with Gasteiger partial charge < -0.3 is 9.42 Å². The van der Waals surface area contributed by atoms with Crippen LogP contribution in [-0.4, -0.2) is 33.9 Å². The first kappa shape index (κ1) is 12.6. The van der Waals surface area contributed by atoms with E-state index in [2.05, 4.69) is 21.1 Å². The summed E-state index contributed by atoms with van der Waals surface area (Å²) in [4.78, 5) is 14.2. The van der Waals surface area contributed by atoms with Crippen molar-refractivity contribution in [1.29, 1.82) is 0 Å². The fraction of sp³-hybridized carbons (Fsp3) is 0.667. The van der Waals surface area contributed by atoms with Gasteiger partial charge in [-0.15, -0.1) is 0 Å². The number of alkyl halides is 1. The normalized spacial score (nSPS) is 19.9. The zero-order valence-electron chi connectivity index (χ0n) is 9.99. The van der Waals surface area contributed by atoms with Gasteiger partial charge in [0.05, 0.1) is 0 Å². The Bertz CT molecular complexity index is 392. The highest BCUT2D eigenvalue weighted by Gasteiger charge is 2.30. The molecule has 17 heavy (non-hydrogen) atoms. The molecule has 1 aromatic rings. The summed E-state index contributed by atoms with van der Waals surface area (Å²) in [6.07, 6.45) is 4.37. The SMILES string of the molecule is Cc1cc(C(=O)N2CCCC2CCCBr)no1. The lowest BCUT2D eigenvalue weighted by molar-refractivity contribution is 0.0719. The smallest absolute Gasteiger partial charge is 0.276 e. The number of rotatable bonds is 4. The number of likely N-dealkylation sites (tertiary alicyclic amines) is 1. The molecule has 0 aliphatic carbocycles. The minimum absolute atomic E-state index is 0.0129. The molecule has 2 heterocycles. The first-order valence-corrected chi connectivity index (χ1v) is 7.15. The Hall–Kier alpha value is -0.840. The summed E-state index contributed by atoms with van der Waals surface area (Å²) in [5.74, 6) is 0.698. The molecule has 0 spiro atoms. The van der Waals surface area contributed by atoms with E-state index in [1.54, 1.807) is 13.0 Å². The number of hydrogen-bond acceptors (Lipinski definition) is 3. The lowest BCUT2D eigenvalue weighted by Crippen LogP contribution is -2.35. The number of nitrogens with zero attached hydrogens (tertiary/aromatic N) is 2. The molecule has 2 rings (SSSR count). The van der Waals surface area contributed by atoms with E-state index in [-0.39, 0.29) is 5.91 Å². The van der Waals surface area contributed by atoms with Gasteiger partial charge in [-0.25, -0.2) is 0 Å². The molecular formula is C12H17BrN2O2. The summed E-state index contributed by atoms with van der Waals surface area (Å²) < 4.78 is 4.96. The van der Waals surface area contributed by atoms with Crippen molar-refractivity contribution < 1.29 is 9.32 Å². The van der Waals surface area contributed by atoms with Gasteiger partial charge >= 0.3 is 0 Å². The predicted molar refractivity (Wildman–Crippen MR) is 68.3 cm³/mol. The summed E-state index contributed by atoms with van der Waals surface area (Å²) in [6.45, 7) is 2.65. The molecule has 1 saturated heterocycles. The van der Waals surface area contributed by atoms with E-state index in [4.69, 9.17) is 4.52 Å². The third-order valence-electron chi connectivity index (χ3n) is 3.16. The molecule has 1 atom stereocenters. The fourth-order valence-electron chi connectivity index (χ4n) is 2.33. The van der Waals surface area contributed by atoms with Crippen molar-refractivity contribution in [3.8, 4) is 0 Å². The second kappa shape index (κ2) is 5.67. The van der Waals surface area contributed by atoms with Crippen molar-refractivity contribution in [3.63, 3.8) is 0 Å². The first-order valence-electron chi connectivity index (χ1n) is 6.02. The zero-order chi connectivity index (χ0) is 12.3. The van der Waals surface area contributed by atoms with Gasteiger partial charge in [-0.1, -0.05) is 21.1 Å². The van der Waals surface area contributed by atoms with E-state index < -0.39 is 0 Å². The van der Waals surface area contributed by atoms with Crippen molar-refractivity contribution in [3.05, 3.63) is 17.5 Å². The number of halogens is 1. The minimum Gasteiger partial charge on any atom is -0.361 e. The monoisotopic (exact) mass is 300 g/mol. The second-order valence-corrected chi connectivity index (χ2v) is 5.24. The number of amides is 1.